The van der Waals surface area contributed by atoms with Gasteiger partial charge in [0, 0.05) is 0 Å². The van der Waals surface area contributed by atoms with Crippen LogP contribution in [0.5, 0.6) is 0 Å². The lowest BCUT2D eigenvalue weighted by Gasteiger charge is -2.30. The standard InChI is InChI=1S/C13H22O4/c1-7-8(2)11-3-9(7)4-12(11)13(16)17-6-10(15)5-14/h7-12,14-15H,3-6H2,1-2H3. The molecule has 0 radical (unpaired) electrons. The molecule has 6 atom stereocenters. The van der Waals surface area contributed by atoms with Gasteiger partial charge in [-0.2, -0.15) is 0 Å². The van der Waals surface area contributed by atoms with Crippen LogP contribution in [0.4, 0.5) is 0 Å². The molecule has 0 aliphatic heterocycles. The largest absolute Gasteiger partial charge is 0.463 e. The second-order valence-electron chi connectivity index (χ2n) is 5.69. The molecule has 0 aromatic heterocycles. The summed E-state index contributed by atoms with van der Waals surface area (Å²) in [6.45, 7) is 4.04. The van der Waals surface area contributed by atoms with Crippen LogP contribution >= 0.6 is 0 Å². The Kier molecular flexibility index (Phi) is 3.73. The number of esters is 1. The summed E-state index contributed by atoms with van der Waals surface area (Å²) in [4.78, 5) is 11.9. The van der Waals surface area contributed by atoms with Crippen LogP contribution in [0.2, 0.25) is 0 Å². The summed E-state index contributed by atoms with van der Waals surface area (Å²) in [5, 5.41) is 17.8. The predicted molar refractivity (Wildman–Crippen MR) is 62.1 cm³/mol. The number of carbonyl (C=O) groups excluding carboxylic acids is 1. The maximum Gasteiger partial charge on any atom is 0.309 e. The van der Waals surface area contributed by atoms with E-state index in [1.54, 1.807) is 0 Å². The van der Waals surface area contributed by atoms with E-state index in [2.05, 4.69) is 13.8 Å². The fourth-order valence-corrected chi connectivity index (χ4v) is 3.55. The van der Waals surface area contributed by atoms with Gasteiger partial charge in [0.25, 0.3) is 0 Å². The number of ether oxygens (including phenoxy) is 1. The Balaban J connectivity index is 1.86. The highest BCUT2D eigenvalue weighted by Gasteiger charge is 2.51. The van der Waals surface area contributed by atoms with Crippen LogP contribution in [0.3, 0.4) is 0 Å². The molecular formula is C13H22O4. The molecule has 98 valence electrons. The minimum absolute atomic E-state index is 0.0112. The van der Waals surface area contributed by atoms with Gasteiger partial charge in [0.15, 0.2) is 0 Å². The molecule has 0 spiro atoms. The number of aliphatic hydroxyl groups is 2. The zero-order valence-corrected chi connectivity index (χ0v) is 10.5. The van der Waals surface area contributed by atoms with E-state index in [-0.39, 0.29) is 25.1 Å². The van der Waals surface area contributed by atoms with E-state index in [4.69, 9.17) is 14.9 Å². The van der Waals surface area contributed by atoms with Crippen molar-refractivity contribution in [2.45, 2.75) is 32.8 Å². The maximum absolute atomic E-state index is 11.9. The Morgan fingerprint density at radius 3 is 2.59 bits per heavy atom. The van der Waals surface area contributed by atoms with Gasteiger partial charge in [0.2, 0.25) is 0 Å². The second-order valence-corrected chi connectivity index (χ2v) is 5.69. The molecule has 2 N–H and O–H groups in total. The van der Waals surface area contributed by atoms with Crippen molar-refractivity contribution in [1.82, 2.24) is 0 Å². The van der Waals surface area contributed by atoms with Gasteiger partial charge < -0.3 is 14.9 Å². The first-order valence-electron chi connectivity index (χ1n) is 6.50. The number of rotatable bonds is 4. The van der Waals surface area contributed by atoms with Gasteiger partial charge in [0.1, 0.15) is 12.7 Å². The highest BCUT2D eigenvalue weighted by molar-refractivity contribution is 5.73. The van der Waals surface area contributed by atoms with Crippen LogP contribution in [0.1, 0.15) is 26.7 Å². The summed E-state index contributed by atoms with van der Waals surface area (Å²) in [7, 11) is 0. The van der Waals surface area contributed by atoms with Gasteiger partial charge in [-0.15, -0.1) is 0 Å². The van der Waals surface area contributed by atoms with Gasteiger partial charge in [-0.05, 0) is 36.5 Å². The molecule has 0 aromatic rings. The molecular weight excluding hydrogens is 220 g/mol. The topological polar surface area (TPSA) is 66.8 Å². The van der Waals surface area contributed by atoms with Crippen molar-refractivity contribution >= 4 is 5.97 Å². The molecule has 2 fully saturated rings. The normalized spacial score (nSPS) is 41.5. The molecule has 4 nitrogen and oxygen atoms in total. The number of hydrogen-bond donors (Lipinski definition) is 2. The number of fused-ring (bicyclic) bond motifs is 2. The molecule has 0 saturated heterocycles. The predicted octanol–water partition coefficient (Wildman–Crippen LogP) is 0.811. The molecule has 2 bridgehead atoms. The number of aliphatic hydroxyl groups excluding tert-OH is 2. The Bertz CT molecular complexity index is 289. The van der Waals surface area contributed by atoms with Crippen LogP contribution in [0.25, 0.3) is 0 Å². The quantitative estimate of drug-likeness (QED) is 0.716. The van der Waals surface area contributed by atoms with Crippen molar-refractivity contribution < 1.29 is 19.7 Å². The first-order chi connectivity index (χ1) is 8.04. The van der Waals surface area contributed by atoms with Gasteiger partial charge in [-0.25, -0.2) is 0 Å². The third-order valence-corrected chi connectivity index (χ3v) is 4.83. The van der Waals surface area contributed by atoms with E-state index >= 15 is 0 Å². The van der Waals surface area contributed by atoms with Crippen molar-refractivity contribution in [3.63, 3.8) is 0 Å². The second kappa shape index (κ2) is 4.94. The van der Waals surface area contributed by atoms with Crippen LogP contribution < -0.4 is 0 Å². The zero-order chi connectivity index (χ0) is 12.6. The minimum Gasteiger partial charge on any atom is -0.463 e. The minimum atomic E-state index is -0.950. The lowest BCUT2D eigenvalue weighted by atomic mass is 9.76. The Hall–Kier alpha value is -0.610. The van der Waals surface area contributed by atoms with Crippen LogP contribution in [-0.2, 0) is 9.53 Å². The summed E-state index contributed by atoms with van der Waals surface area (Å²) in [6, 6.07) is 0. The summed E-state index contributed by atoms with van der Waals surface area (Å²) >= 11 is 0. The van der Waals surface area contributed by atoms with Crippen molar-refractivity contribution in [2.24, 2.45) is 29.6 Å². The SMILES string of the molecule is CC1C2CC(C(=O)OCC(O)CO)C(C2)C1C. The number of hydrogen-bond acceptors (Lipinski definition) is 4. The molecule has 2 aliphatic rings. The summed E-state index contributed by atoms with van der Waals surface area (Å²) < 4.78 is 5.07. The molecule has 0 heterocycles. The lowest BCUT2D eigenvalue weighted by Crippen LogP contribution is -2.32. The first-order valence-corrected chi connectivity index (χ1v) is 6.50. The smallest absolute Gasteiger partial charge is 0.309 e. The van der Waals surface area contributed by atoms with E-state index in [0.29, 0.717) is 23.7 Å². The lowest BCUT2D eigenvalue weighted by molar-refractivity contribution is -0.155. The van der Waals surface area contributed by atoms with Crippen LogP contribution in [0.15, 0.2) is 0 Å². The van der Waals surface area contributed by atoms with Crippen molar-refractivity contribution in [3.05, 3.63) is 0 Å². The fraction of sp³-hybridized carbons (Fsp3) is 0.923. The van der Waals surface area contributed by atoms with Gasteiger partial charge in [-0.1, -0.05) is 13.8 Å². The Morgan fingerprint density at radius 2 is 2.06 bits per heavy atom. The van der Waals surface area contributed by atoms with Crippen LogP contribution in [0, 0.1) is 29.6 Å². The van der Waals surface area contributed by atoms with Crippen LogP contribution in [-0.4, -0.2) is 35.5 Å². The zero-order valence-electron chi connectivity index (χ0n) is 10.5. The van der Waals surface area contributed by atoms with E-state index in [1.807, 2.05) is 0 Å². The molecule has 17 heavy (non-hydrogen) atoms. The highest BCUT2D eigenvalue weighted by Crippen LogP contribution is 2.55. The highest BCUT2D eigenvalue weighted by atomic mass is 16.5. The average molecular weight is 242 g/mol. The Morgan fingerprint density at radius 1 is 1.35 bits per heavy atom. The molecule has 2 rings (SSSR count). The summed E-state index contributed by atoms with van der Waals surface area (Å²) in [5.41, 5.74) is 0. The summed E-state index contributed by atoms with van der Waals surface area (Å²) in [5.74, 6) is 2.24. The monoisotopic (exact) mass is 242 g/mol. The van der Waals surface area contributed by atoms with Crippen molar-refractivity contribution in [1.29, 1.82) is 0 Å². The molecule has 6 unspecified atom stereocenters. The van der Waals surface area contributed by atoms with E-state index in [0.717, 1.165) is 12.8 Å². The number of carbonyl (C=O) groups is 1. The van der Waals surface area contributed by atoms with Crippen molar-refractivity contribution in [3.8, 4) is 0 Å². The van der Waals surface area contributed by atoms with E-state index in [1.165, 1.54) is 0 Å². The third kappa shape index (κ3) is 2.33. The summed E-state index contributed by atoms with van der Waals surface area (Å²) in [6.07, 6.45) is 1.13. The van der Waals surface area contributed by atoms with Gasteiger partial charge in [-0.3, -0.25) is 4.79 Å². The molecule has 4 heteroatoms. The first kappa shape index (κ1) is 12.8. The molecule has 2 saturated carbocycles. The van der Waals surface area contributed by atoms with Gasteiger partial charge >= 0.3 is 5.97 Å². The third-order valence-electron chi connectivity index (χ3n) is 4.83. The van der Waals surface area contributed by atoms with Gasteiger partial charge in [0.05, 0.1) is 12.5 Å². The van der Waals surface area contributed by atoms with Crippen molar-refractivity contribution in [2.75, 3.05) is 13.2 Å². The maximum atomic E-state index is 11.9. The van der Waals surface area contributed by atoms with E-state index < -0.39 is 6.10 Å². The Labute approximate surface area is 102 Å². The molecule has 2 aliphatic carbocycles. The average Bonchev–Trinajstić information content (AvgIpc) is 2.87. The molecule has 0 amide bonds. The molecule has 0 aromatic carbocycles. The van der Waals surface area contributed by atoms with E-state index in [9.17, 15) is 4.79 Å². The fourth-order valence-electron chi connectivity index (χ4n) is 3.55.